The molecule has 1 unspecified atom stereocenters. The molecule has 4 rings (SSSR count). The van der Waals surface area contributed by atoms with Crippen molar-refractivity contribution >= 4 is 5.91 Å². The summed E-state index contributed by atoms with van der Waals surface area (Å²) in [7, 11) is 3.27. The molecular formula is C22H26N2O5. The number of carbonyl (C=O) groups is 1. The largest absolute Gasteiger partial charge is 0.493 e. The van der Waals surface area contributed by atoms with Crippen molar-refractivity contribution < 1.29 is 23.7 Å². The standard InChI is InChI=1S/C22H26N2O5/c1-26-20-9-15-7-8-24(12-16(15)10-21(20)27-2)13-22(25)23-11-17-14-28-18-5-3-4-6-19(18)29-17/h3-6,9-10,17H,7-8,11-14H2,1-2H3,(H,23,25). The monoisotopic (exact) mass is 398 g/mol. The van der Waals surface area contributed by atoms with Crippen molar-refractivity contribution in [1.29, 1.82) is 0 Å². The molecule has 0 bridgehead atoms. The van der Waals surface area contributed by atoms with Crippen LogP contribution in [0.4, 0.5) is 0 Å². The third-order valence-corrected chi connectivity index (χ3v) is 5.26. The smallest absolute Gasteiger partial charge is 0.234 e. The minimum atomic E-state index is -0.187. The van der Waals surface area contributed by atoms with E-state index in [4.69, 9.17) is 18.9 Å². The van der Waals surface area contributed by atoms with E-state index in [9.17, 15) is 4.79 Å². The second-order valence-corrected chi connectivity index (χ2v) is 7.24. The summed E-state index contributed by atoms with van der Waals surface area (Å²) in [6.07, 6.45) is 0.687. The van der Waals surface area contributed by atoms with Gasteiger partial charge in [0.15, 0.2) is 23.0 Å². The van der Waals surface area contributed by atoms with Gasteiger partial charge < -0.3 is 24.3 Å². The molecule has 1 amide bonds. The Hall–Kier alpha value is -2.93. The summed E-state index contributed by atoms with van der Waals surface area (Å²) < 4.78 is 22.4. The van der Waals surface area contributed by atoms with Crippen LogP contribution in [0.3, 0.4) is 0 Å². The number of hydrogen-bond donors (Lipinski definition) is 1. The van der Waals surface area contributed by atoms with Crippen molar-refractivity contribution in [2.24, 2.45) is 0 Å². The molecule has 7 heteroatoms. The molecule has 2 aromatic rings. The topological polar surface area (TPSA) is 69.3 Å². The first-order valence-corrected chi connectivity index (χ1v) is 9.77. The molecule has 29 heavy (non-hydrogen) atoms. The van der Waals surface area contributed by atoms with Crippen LogP contribution in [0.1, 0.15) is 11.1 Å². The van der Waals surface area contributed by atoms with E-state index < -0.39 is 0 Å². The first kappa shape index (κ1) is 19.4. The maximum absolute atomic E-state index is 12.4. The van der Waals surface area contributed by atoms with Gasteiger partial charge in [0.2, 0.25) is 5.91 Å². The molecule has 7 nitrogen and oxygen atoms in total. The molecule has 154 valence electrons. The van der Waals surface area contributed by atoms with Crippen LogP contribution in [0.25, 0.3) is 0 Å². The molecule has 1 N–H and O–H groups in total. The zero-order valence-electron chi connectivity index (χ0n) is 16.8. The van der Waals surface area contributed by atoms with Gasteiger partial charge in [-0.05, 0) is 41.8 Å². The highest BCUT2D eigenvalue weighted by atomic mass is 16.6. The van der Waals surface area contributed by atoms with Crippen molar-refractivity contribution in [3.8, 4) is 23.0 Å². The molecular weight excluding hydrogens is 372 g/mol. The number of ether oxygens (including phenoxy) is 4. The maximum atomic E-state index is 12.4. The fourth-order valence-electron chi connectivity index (χ4n) is 3.73. The fourth-order valence-corrected chi connectivity index (χ4v) is 3.73. The van der Waals surface area contributed by atoms with E-state index >= 15 is 0 Å². The lowest BCUT2D eigenvalue weighted by Crippen LogP contribution is -2.45. The molecule has 2 heterocycles. The van der Waals surface area contributed by atoms with E-state index in [0.717, 1.165) is 30.2 Å². The van der Waals surface area contributed by atoms with Gasteiger partial charge in [0.1, 0.15) is 12.7 Å². The van der Waals surface area contributed by atoms with Gasteiger partial charge in [-0.1, -0.05) is 12.1 Å². The second kappa shape index (κ2) is 8.61. The van der Waals surface area contributed by atoms with Crippen LogP contribution in [0.15, 0.2) is 36.4 Å². The van der Waals surface area contributed by atoms with Gasteiger partial charge >= 0.3 is 0 Å². The van der Waals surface area contributed by atoms with Crippen LogP contribution in [0.2, 0.25) is 0 Å². The summed E-state index contributed by atoms with van der Waals surface area (Å²) in [4.78, 5) is 14.6. The fraction of sp³-hybridized carbons (Fsp3) is 0.409. The predicted octanol–water partition coefficient (Wildman–Crippen LogP) is 2.02. The van der Waals surface area contributed by atoms with Crippen LogP contribution >= 0.6 is 0 Å². The van der Waals surface area contributed by atoms with E-state index in [1.54, 1.807) is 14.2 Å². The quantitative estimate of drug-likeness (QED) is 0.803. The molecule has 0 radical (unpaired) electrons. The SMILES string of the molecule is COc1cc2c(cc1OC)CN(CC(=O)NCC1COc3ccccc3O1)CC2. The van der Waals surface area contributed by atoms with E-state index in [1.165, 1.54) is 11.1 Å². The summed E-state index contributed by atoms with van der Waals surface area (Å²) in [6, 6.07) is 11.6. The van der Waals surface area contributed by atoms with Gasteiger partial charge in [0.05, 0.1) is 27.3 Å². The first-order valence-electron chi connectivity index (χ1n) is 9.77. The Morgan fingerprint density at radius 1 is 1.14 bits per heavy atom. The summed E-state index contributed by atoms with van der Waals surface area (Å²) in [5.41, 5.74) is 2.41. The molecule has 2 aliphatic rings. The number of para-hydroxylation sites is 2. The number of nitrogens with one attached hydrogen (secondary N) is 1. The molecule has 0 aromatic heterocycles. The van der Waals surface area contributed by atoms with Gasteiger partial charge in [-0.2, -0.15) is 0 Å². The minimum Gasteiger partial charge on any atom is -0.493 e. The second-order valence-electron chi connectivity index (χ2n) is 7.24. The molecule has 0 spiro atoms. The summed E-state index contributed by atoms with van der Waals surface area (Å²) in [5.74, 6) is 2.90. The Morgan fingerprint density at radius 3 is 2.62 bits per heavy atom. The highest BCUT2D eigenvalue weighted by molar-refractivity contribution is 5.78. The molecule has 0 saturated heterocycles. The molecule has 2 aliphatic heterocycles. The Labute approximate surface area is 170 Å². The Balaban J connectivity index is 1.29. The zero-order valence-corrected chi connectivity index (χ0v) is 16.8. The van der Waals surface area contributed by atoms with Crippen molar-refractivity contribution in [3.63, 3.8) is 0 Å². The van der Waals surface area contributed by atoms with Gasteiger partial charge in [0.25, 0.3) is 0 Å². The zero-order chi connectivity index (χ0) is 20.2. The van der Waals surface area contributed by atoms with Crippen molar-refractivity contribution in [3.05, 3.63) is 47.5 Å². The molecule has 0 fully saturated rings. The highest BCUT2D eigenvalue weighted by Crippen LogP contribution is 2.33. The van der Waals surface area contributed by atoms with Crippen LogP contribution in [-0.4, -0.2) is 57.4 Å². The van der Waals surface area contributed by atoms with Gasteiger partial charge in [-0.25, -0.2) is 0 Å². The number of rotatable bonds is 6. The Kier molecular flexibility index (Phi) is 5.76. The van der Waals surface area contributed by atoms with Gasteiger partial charge in [-0.3, -0.25) is 9.69 Å². The average Bonchev–Trinajstić information content (AvgIpc) is 2.76. The molecule has 2 aromatic carbocycles. The Bertz CT molecular complexity index is 886. The molecule has 1 atom stereocenters. The lowest BCUT2D eigenvalue weighted by atomic mass is 9.99. The molecule has 0 aliphatic carbocycles. The van der Waals surface area contributed by atoms with Crippen LogP contribution in [-0.2, 0) is 17.8 Å². The highest BCUT2D eigenvalue weighted by Gasteiger charge is 2.23. The van der Waals surface area contributed by atoms with Crippen LogP contribution < -0.4 is 24.3 Å². The maximum Gasteiger partial charge on any atom is 0.234 e. The summed E-state index contributed by atoms with van der Waals surface area (Å²) in [5, 5.41) is 2.96. The van der Waals surface area contributed by atoms with E-state index in [2.05, 4.69) is 10.2 Å². The van der Waals surface area contributed by atoms with Crippen molar-refractivity contribution in [2.45, 2.75) is 19.1 Å². The third kappa shape index (κ3) is 4.40. The number of fused-ring (bicyclic) bond motifs is 2. The van der Waals surface area contributed by atoms with Gasteiger partial charge in [-0.15, -0.1) is 0 Å². The summed E-state index contributed by atoms with van der Waals surface area (Å²) in [6.45, 7) is 2.72. The number of nitrogens with zero attached hydrogens (tertiary/aromatic N) is 1. The lowest BCUT2D eigenvalue weighted by molar-refractivity contribution is -0.123. The van der Waals surface area contributed by atoms with E-state index in [1.807, 2.05) is 36.4 Å². The van der Waals surface area contributed by atoms with E-state index in [0.29, 0.717) is 32.0 Å². The Morgan fingerprint density at radius 2 is 1.86 bits per heavy atom. The number of hydrogen-bond acceptors (Lipinski definition) is 6. The van der Waals surface area contributed by atoms with Crippen molar-refractivity contribution in [1.82, 2.24) is 10.2 Å². The third-order valence-electron chi connectivity index (χ3n) is 5.26. The average molecular weight is 398 g/mol. The molecule has 0 saturated carbocycles. The van der Waals surface area contributed by atoms with E-state index in [-0.39, 0.29) is 12.0 Å². The number of carbonyl (C=O) groups excluding carboxylic acids is 1. The van der Waals surface area contributed by atoms with Crippen LogP contribution in [0.5, 0.6) is 23.0 Å². The first-order chi connectivity index (χ1) is 14.2. The number of amides is 1. The normalized spacial score (nSPS) is 17.9. The number of methoxy groups -OCH3 is 2. The minimum absolute atomic E-state index is 0.0172. The number of benzene rings is 2. The van der Waals surface area contributed by atoms with Gasteiger partial charge in [0, 0.05) is 13.1 Å². The predicted molar refractivity (Wildman–Crippen MR) is 108 cm³/mol. The lowest BCUT2D eigenvalue weighted by Gasteiger charge is -2.30. The summed E-state index contributed by atoms with van der Waals surface area (Å²) >= 11 is 0. The van der Waals surface area contributed by atoms with Crippen LogP contribution in [0, 0.1) is 0 Å². The van der Waals surface area contributed by atoms with Crippen molar-refractivity contribution in [2.75, 3.05) is 40.5 Å².